The summed E-state index contributed by atoms with van der Waals surface area (Å²) in [6, 6.07) is 14.4. The van der Waals surface area contributed by atoms with Crippen molar-refractivity contribution in [2.24, 2.45) is 17.8 Å². The largest absolute Gasteiger partial charge is 0.466 e. The highest BCUT2D eigenvalue weighted by molar-refractivity contribution is 6.48. The van der Waals surface area contributed by atoms with Crippen LogP contribution in [-0.2, 0) is 16.0 Å². The second-order valence-electron chi connectivity index (χ2n) is 9.21. The number of carbonyl (C=O) groups excluding carboxylic acids is 1. The summed E-state index contributed by atoms with van der Waals surface area (Å²) in [5.74, 6) is -0.783. The minimum atomic E-state index is -0.500. The minimum absolute atomic E-state index is 0.0268. The van der Waals surface area contributed by atoms with Gasteiger partial charge in [0, 0.05) is 30.2 Å². The van der Waals surface area contributed by atoms with E-state index in [1.165, 1.54) is 12.1 Å². The first-order valence-corrected chi connectivity index (χ1v) is 12.2. The van der Waals surface area contributed by atoms with E-state index in [-0.39, 0.29) is 29.5 Å². The van der Waals surface area contributed by atoms with Gasteiger partial charge in [-0.15, -0.1) is 0 Å². The fourth-order valence-corrected chi connectivity index (χ4v) is 4.81. The van der Waals surface area contributed by atoms with Crippen LogP contribution in [0.25, 0.3) is 11.1 Å². The number of likely N-dealkylation sites (tertiary alicyclic amines) is 1. The van der Waals surface area contributed by atoms with Gasteiger partial charge in [-0.1, -0.05) is 42.7 Å². The van der Waals surface area contributed by atoms with Crippen LogP contribution in [-0.4, -0.2) is 49.0 Å². The Balaban J connectivity index is 1.71. The van der Waals surface area contributed by atoms with Crippen molar-refractivity contribution >= 4 is 24.5 Å². The molecule has 1 N–H and O–H groups in total. The highest BCUT2D eigenvalue weighted by Crippen LogP contribution is 2.29. The van der Waals surface area contributed by atoms with Gasteiger partial charge in [0.15, 0.2) is 0 Å². The lowest BCUT2D eigenvalue weighted by Crippen LogP contribution is -2.49. The highest BCUT2D eigenvalue weighted by atomic mass is 35.5. The number of hydrogen-bond donors (Lipinski definition) is 1. The number of esters is 1. The quantitative estimate of drug-likeness (QED) is 0.361. The summed E-state index contributed by atoms with van der Waals surface area (Å²) in [5, 5.41) is 19.6. The van der Waals surface area contributed by atoms with Gasteiger partial charge in [0.2, 0.25) is 0 Å². The van der Waals surface area contributed by atoms with Crippen molar-refractivity contribution in [3.63, 3.8) is 0 Å². The van der Waals surface area contributed by atoms with Gasteiger partial charge in [0.05, 0.1) is 24.5 Å². The molecule has 0 radical (unpaired) electrons. The van der Waals surface area contributed by atoms with E-state index < -0.39 is 6.92 Å². The Morgan fingerprint density at radius 1 is 1.32 bits per heavy atom. The zero-order valence-corrected chi connectivity index (χ0v) is 20.5. The molecule has 1 fully saturated rings. The molecule has 180 valence electrons. The van der Waals surface area contributed by atoms with Crippen LogP contribution in [0, 0.1) is 34.9 Å². The van der Waals surface area contributed by atoms with Crippen LogP contribution in [0.15, 0.2) is 42.5 Å². The number of carbonyl (C=O) groups is 1. The third kappa shape index (κ3) is 7.30. The molecule has 0 aromatic heterocycles. The number of benzene rings is 2. The number of halogens is 2. The maximum Gasteiger partial charge on any atom is 0.310 e. The molecule has 0 bridgehead atoms. The molecule has 0 spiro atoms. The summed E-state index contributed by atoms with van der Waals surface area (Å²) in [6.07, 6.45) is 1.82. The van der Waals surface area contributed by atoms with Gasteiger partial charge in [0.1, 0.15) is 5.82 Å². The first kappa shape index (κ1) is 26.2. The predicted molar refractivity (Wildman–Crippen MR) is 133 cm³/mol. The highest BCUT2D eigenvalue weighted by Gasteiger charge is 2.33. The van der Waals surface area contributed by atoms with E-state index in [1.54, 1.807) is 19.8 Å². The molecule has 1 heterocycles. The van der Waals surface area contributed by atoms with Crippen LogP contribution in [0.5, 0.6) is 0 Å². The van der Waals surface area contributed by atoms with Crippen molar-refractivity contribution < 1.29 is 18.9 Å². The molecule has 1 aliphatic heterocycles. The Morgan fingerprint density at radius 3 is 2.65 bits per heavy atom. The fourth-order valence-electron chi connectivity index (χ4n) is 4.64. The maximum atomic E-state index is 14.2. The number of ether oxygens (including phenoxy) is 1. The average Bonchev–Trinajstić information content (AvgIpc) is 2.77. The molecule has 1 saturated heterocycles. The summed E-state index contributed by atoms with van der Waals surface area (Å²) in [4.78, 5) is 14.8. The van der Waals surface area contributed by atoms with E-state index in [1.807, 2.05) is 24.3 Å². The van der Waals surface area contributed by atoms with Crippen LogP contribution < -0.4 is 0 Å². The van der Waals surface area contributed by atoms with Gasteiger partial charge in [-0.2, -0.15) is 5.26 Å². The summed E-state index contributed by atoms with van der Waals surface area (Å²) in [5.41, 5.74) is 2.24. The normalized spacial score (nSPS) is 15.8. The van der Waals surface area contributed by atoms with Gasteiger partial charge in [-0.25, -0.2) is 4.39 Å². The summed E-state index contributed by atoms with van der Waals surface area (Å²) in [7, 11) is 0. The zero-order valence-electron chi connectivity index (χ0n) is 19.7. The average molecular weight is 485 g/mol. The van der Waals surface area contributed by atoms with E-state index in [2.05, 4.69) is 11.0 Å². The van der Waals surface area contributed by atoms with Gasteiger partial charge in [-0.05, 0) is 61.3 Å². The van der Waals surface area contributed by atoms with E-state index in [9.17, 15) is 14.2 Å². The van der Waals surface area contributed by atoms with Crippen molar-refractivity contribution in [2.75, 3.05) is 26.2 Å². The monoisotopic (exact) mass is 484 g/mol. The standard InChI is InChI=1S/C26H31BClFN2O3/c1-3-34-26(32)22(17-31-15-20(14-30)16-31)11-19(13-27(2)33)10-18-4-6-21(7-5-18)24-12-23(28)8-9-25(24)29/h4-9,12,19-20,22,33H,3,10-11,13,15-17H2,1-2H3/t19-,22+/m1/s1. The number of nitriles is 1. The molecule has 2 atom stereocenters. The summed E-state index contributed by atoms with van der Waals surface area (Å²) in [6.45, 7) is 5.27. The molecular formula is C26H31BClFN2O3. The molecule has 1 aliphatic rings. The summed E-state index contributed by atoms with van der Waals surface area (Å²) >= 11 is 6.03. The molecule has 0 aliphatic carbocycles. The van der Waals surface area contributed by atoms with Crippen molar-refractivity contribution in [1.82, 2.24) is 4.90 Å². The van der Waals surface area contributed by atoms with E-state index in [0.717, 1.165) is 11.1 Å². The molecule has 3 rings (SSSR count). The fraction of sp³-hybridized carbons (Fsp3) is 0.462. The zero-order chi connectivity index (χ0) is 24.7. The van der Waals surface area contributed by atoms with Crippen LogP contribution >= 0.6 is 11.6 Å². The third-order valence-electron chi connectivity index (χ3n) is 6.25. The SMILES string of the molecule is CCOC(=O)[C@@H](C[C@H](CB(C)O)Cc1ccc(-c2cc(Cl)ccc2F)cc1)CN1CC(C#N)C1. The second-order valence-corrected chi connectivity index (χ2v) is 9.64. The number of hydrogen-bond acceptors (Lipinski definition) is 5. The Morgan fingerprint density at radius 2 is 2.03 bits per heavy atom. The van der Waals surface area contributed by atoms with Crippen LogP contribution in [0.2, 0.25) is 18.2 Å². The van der Waals surface area contributed by atoms with E-state index >= 15 is 0 Å². The smallest absolute Gasteiger partial charge is 0.310 e. The molecule has 34 heavy (non-hydrogen) atoms. The predicted octanol–water partition coefficient (Wildman–Crippen LogP) is 4.94. The minimum Gasteiger partial charge on any atom is -0.466 e. The van der Waals surface area contributed by atoms with Crippen LogP contribution in [0.4, 0.5) is 4.39 Å². The Hall–Kier alpha value is -2.40. The number of rotatable bonds is 11. The molecule has 0 unspecified atom stereocenters. The van der Waals surface area contributed by atoms with Crippen LogP contribution in [0.3, 0.4) is 0 Å². The lowest BCUT2D eigenvalue weighted by atomic mass is 9.62. The molecule has 2 aromatic carbocycles. The molecule has 8 heteroatoms. The Labute approximate surface area is 206 Å². The van der Waals surface area contributed by atoms with Gasteiger partial charge >= 0.3 is 5.97 Å². The first-order valence-electron chi connectivity index (χ1n) is 11.8. The van der Waals surface area contributed by atoms with Crippen molar-refractivity contribution in [2.45, 2.75) is 32.9 Å². The van der Waals surface area contributed by atoms with Crippen LogP contribution in [0.1, 0.15) is 18.9 Å². The Kier molecular flexibility index (Phi) is 9.52. The van der Waals surface area contributed by atoms with E-state index in [0.29, 0.717) is 56.0 Å². The summed E-state index contributed by atoms with van der Waals surface area (Å²) < 4.78 is 19.6. The molecule has 0 saturated carbocycles. The van der Waals surface area contributed by atoms with Gasteiger partial charge in [0.25, 0.3) is 6.92 Å². The second kappa shape index (κ2) is 12.3. The van der Waals surface area contributed by atoms with Crippen molar-refractivity contribution in [3.8, 4) is 17.2 Å². The van der Waals surface area contributed by atoms with Gasteiger partial charge in [-0.3, -0.25) is 9.69 Å². The molecule has 2 aromatic rings. The van der Waals surface area contributed by atoms with E-state index in [4.69, 9.17) is 21.6 Å². The lowest BCUT2D eigenvalue weighted by molar-refractivity contribution is -0.150. The number of nitrogens with zero attached hydrogens (tertiary/aromatic N) is 2. The molecule has 5 nitrogen and oxygen atoms in total. The lowest BCUT2D eigenvalue weighted by Gasteiger charge is -2.37. The first-order chi connectivity index (χ1) is 16.3. The maximum absolute atomic E-state index is 14.2. The third-order valence-corrected chi connectivity index (χ3v) is 6.48. The molecular weight excluding hydrogens is 454 g/mol. The van der Waals surface area contributed by atoms with Gasteiger partial charge < -0.3 is 9.76 Å². The Bertz CT molecular complexity index is 1010. The van der Waals surface area contributed by atoms with Crippen molar-refractivity contribution in [3.05, 3.63) is 58.9 Å². The topological polar surface area (TPSA) is 73.6 Å². The molecule has 0 amide bonds. The van der Waals surface area contributed by atoms with Crippen molar-refractivity contribution in [1.29, 1.82) is 5.26 Å².